The molecule has 0 radical (unpaired) electrons. The molecule has 2 atom stereocenters. The van der Waals surface area contributed by atoms with Crippen LogP contribution >= 0.6 is 12.2 Å². The topological polar surface area (TPSA) is 42.8 Å². The monoisotopic (exact) mass is 273 g/mol. The maximum absolute atomic E-state index is 9.30. The molecule has 1 saturated heterocycles. The molecule has 1 aromatic heterocycles. The number of rotatable bonds is 1. The van der Waals surface area contributed by atoms with E-state index >= 15 is 0 Å². The van der Waals surface area contributed by atoms with E-state index in [1.165, 1.54) is 32.1 Å². The number of nitriles is 1. The van der Waals surface area contributed by atoms with E-state index in [2.05, 4.69) is 16.0 Å². The van der Waals surface area contributed by atoms with Crippen LogP contribution in [-0.2, 0) is 0 Å². The Morgan fingerprint density at radius 3 is 2.84 bits per heavy atom. The number of anilines is 1. The molecule has 0 aromatic carbocycles. The Labute approximate surface area is 119 Å². The quantitative estimate of drug-likeness (QED) is 0.794. The van der Waals surface area contributed by atoms with Crippen LogP contribution in [-0.4, -0.2) is 18.1 Å². The SMILES string of the molecule is N#Cc1c(N2CCC3CCCCC3C2)cc[nH]c1=S. The number of aromatic amines is 1. The van der Waals surface area contributed by atoms with E-state index in [-0.39, 0.29) is 0 Å². The lowest BCUT2D eigenvalue weighted by molar-refractivity contribution is 0.202. The standard InChI is InChI=1S/C15H19N3S/c16-9-13-14(5-7-17-15(13)19)18-8-6-11-3-1-2-4-12(11)10-18/h5,7,11-12H,1-4,6,8,10H2,(H,17,19). The van der Waals surface area contributed by atoms with Crippen molar-refractivity contribution in [3.8, 4) is 6.07 Å². The first-order chi connectivity index (χ1) is 9.29. The molecule has 1 N–H and O–H groups in total. The molecule has 0 spiro atoms. The zero-order valence-electron chi connectivity index (χ0n) is 11.1. The normalized spacial score (nSPS) is 26.6. The van der Waals surface area contributed by atoms with Gasteiger partial charge in [0.1, 0.15) is 16.3 Å². The van der Waals surface area contributed by atoms with Gasteiger partial charge in [0, 0.05) is 19.3 Å². The number of piperidine rings is 1. The van der Waals surface area contributed by atoms with Gasteiger partial charge in [0.2, 0.25) is 0 Å². The predicted molar refractivity (Wildman–Crippen MR) is 78.6 cm³/mol. The van der Waals surface area contributed by atoms with Gasteiger partial charge in [0.05, 0.1) is 5.69 Å². The first-order valence-electron chi connectivity index (χ1n) is 7.16. The van der Waals surface area contributed by atoms with Crippen LogP contribution in [0.1, 0.15) is 37.7 Å². The minimum absolute atomic E-state index is 0.561. The molecule has 100 valence electrons. The van der Waals surface area contributed by atoms with Gasteiger partial charge in [0.25, 0.3) is 0 Å². The van der Waals surface area contributed by atoms with Crippen LogP contribution in [0.2, 0.25) is 0 Å². The third-order valence-electron chi connectivity index (χ3n) is 4.68. The molecule has 3 rings (SSSR count). The second-order valence-electron chi connectivity index (χ2n) is 5.72. The number of aromatic nitrogens is 1. The second-order valence-corrected chi connectivity index (χ2v) is 6.13. The van der Waals surface area contributed by atoms with Crippen molar-refractivity contribution in [2.24, 2.45) is 11.8 Å². The van der Waals surface area contributed by atoms with Crippen LogP contribution in [0.15, 0.2) is 12.3 Å². The van der Waals surface area contributed by atoms with Crippen molar-refractivity contribution in [2.75, 3.05) is 18.0 Å². The van der Waals surface area contributed by atoms with Gasteiger partial charge in [-0.2, -0.15) is 5.26 Å². The average molecular weight is 273 g/mol. The van der Waals surface area contributed by atoms with E-state index in [9.17, 15) is 5.26 Å². The lowest BCUT2D eigenvalue weighted by Crippen LogP contribution is -2.42. The first kappa shape index (κ1) is 12.7. The van der Waals surface area contributed by atoms with Crippen LogP contribution in [0.4, 0.5) is 5.69 Å². The highest BCUT2D eigenvalue weighted by atomic mass is 32.1. The lowest BCUT2D eigenvalue weighted by atomic mass is 9.75. The molecule has 3 nitrogen and oxygen atoms in total. The summed E-state index contributed by atoms with van der Waals surface area (Å²) >= 11 is 5.22. The Bertz CT molecular complexity index is 557. The number of hydrogen-bond acceptors (Lipinski definition) is 3. The Kier molecular flexibility index (Phi) is 3.56. The highest BCUT2D eigenvalue weighted by Gasteiger charge is 2.31. The smallest absolute Gasteiger partial charge is 0.123 e. The molecule has 2 fully saturated rings. The molecule has 2 unspecified atom stereocenters. The molecular weight excluding hydrogens is 254 g/mol. The number of fused-ring (bicyclic) bond motifs is 1. The van der Waals surface area contributed by atoms with Gasteiger partial charge in [-0.3, -0.25) is 0 Å². The summed E-state index contributed by atoms with van der Waals surface area (Å²) < 4.78 is 0.561. The zero-order chi connectivity index (χ0) is 13.2. The van der Waals surface area contributed by atoms with Gasteiger partial charge in [-0.05, 0) is 30.7 Å². The number of nitrogens with one attached hydrogen (secondary N) is 1. The number of pyridine rings is 1. The minimum atomic E-state index is 0.561. The molecule has 0 bridgehead atoms. The maximum Gasteiger partial charge on any atom is 0.123 e. The van der Waals surface area contributed by atoms with Gasteiger partial charge >= 0.3 is 0 Å². The molecule has 2 heterocycles. The summed E-state index contributed by atoms with van der Waals surface area (Å²) in [5.41, 5.74) is 1.65. The molecule has 2 aliphatic rings. The van der Waals surface area contributed by atoms with Crippen molar-refractivity contribution in [3.05, 3.63) is 22.5 Å². The van der Waals surface area contributed by atoms with Crippen LogP contribution in [0.3, 0.4) is 0 Å². The Morgan fingerprint density at radius 1 is 1.26 bits per heavy atom. The third-order valence-corrected chi connectivity index (χ3v) is 5.00. The van der Waals surface area contributed by atoms with E-state index in [1.807, 2.05) is 12.3 Å². The van der Waals surface area contributed by atoms with Crippen molar-refractivity contribution < 1.29 is 0 Å². The van der Waals surface area contributed by atoms with E-state index in [4.69, 9.17) is 12.2 Å². The molecule has 0 amide bonds. The maximum atomic E-state index is 9.30. The Morgan fingerprint density at radius 2 is 2.05 bits per heavy atom. The van der Waals surface area contributed by atoms with E-state index in [1.54, 1.807) is 0 Å². The number of hydrogen-bond donors (Lipinski definition) is 1. The van der Waals surface area contributed by atoms with Gasteiger partial charge in [0.15, 0.2) is 0 Å². The summed E-state index contributed by atoms with van der Waals surface area (Å²) in [5.74, 6) is 1.72. The van der Waals surface area contributed by atoms with Crippen LogP contribution in [0.25, 0.3) is 0 Å². The van der Waals surface area contributed by atoms with E-state index in [0.717, 1.165) is 30.6 Å². The van der Waals surface area contributed by atoms with E-state index in [0.29, 0.717) is 10.2 Å². The average Bonchev–Trinajstić information content (AvgIpc) is 2.46. The summed E-state index contributed by atoms with van der Waals surface area (Å²) in [6.45, 7) is 2.16. The van der Waals surface area contributed by atoms with Crippen molar-refractivity contribution in [2.45, 2.75) is 32.1 Å². The van der Waals surface area contributed by atoms with Gasteiger partial charge < -0.3 is 9.88 Å². The summed E-state index contributed by atoms with van der Waals surface area (Å²) in [7, 11) is 0. The molecular formula is C15H19N3S. The van der Waals surface area contributed by atoms with Gasteiger partial charge in [-0.15, -0.1) is 0 Å². The zero-order valence-corrected chi connectivity index (χ0v) is 11.9. The fourth-order valence-corrected chi connectivity index (χ4v) is 3.88. The van der Waals surface area contributed by atoms with Crippen molar-refractivity contribution in [1.82, 2.24) is 4.98 Å². The van der Waals surface area contributed by atoms with Gasteiger partial charge in [-0.25, -0.2) is 0 Å². The summed E-state index contributed by atoms with van der Waals surface area (Å²) in [5, 5.41) is 9.30. The Hall–Kier alpha value is -1.34. The summed E-state index contributed by atoms with van der Waals surface area (Å²) in [6.07, 6.45) is 8.64. The fourth-order valence-electron chi connectivity index (χ4n) is 3.66. The van der Waals surface area contributed by atoms with E-state index < -0.39 is 0 Å². The molecule has 1 saturated carbocycles. The van der Waals surface area contributed by atoms with Crippen molar-refractivity contribution in [3.63, 3.8) is 0 Å². The fraction of sp³-hybridized carbons (Fsp3) is 0.600. The van der Waals surface area contributed by atoms with Gasteiger partial charge in [-0.1, -0.05) is 31.5 Å². The largest absolute Gasteiger partial charge is 0.370 e. The molecule has 1 aliphatic heterocycles. The highest BCUT2D eigenvalue weighted by molar-refractivity contribution is 7.71. The summed E-state index contributed by atoms with van der Waals surface area (Å²) in [4.78, 5) is 5.32. The minimum Gasteiger partial charge on any atom is -0.370 e. The molecule has 4 heteroatoms. The lowest BCUT2D eigenvalue weighted by Gasteiger charge is -2.42. The number of H-pyrrole nitrogens is 1. The molecule has 19 heavy (non-hydrogen) atoms. The first-order valence-corrected chi connectivity index (χ1v) is 7.57. The molecule has 1 aliphatic carbocycles. The van der Waals surface area contributed by atoms with Crippen molar-refractivity contribution in [1.29, 1.82) is 5.26 Å². The van der Waals surface area contributed by atoms with Crippen LogP contribution in [0, 0.1) is 27.8 Å². The third kappa shape index (κ3) is 2.40. The molecule has 1 aromatic rings. The second kappa shape index (κ2) is 5.34. The number of nitrogens with zero attached hydrogens (tertiary/aromatic N) is 2. The predicted octanol–water partition coefficient (Wildman–Crippen LogP) is 3.63. The Balaban J connectivity index is 1.86. The highest BCUT2D eigenvalue weighted by Crippen LogP contribution is 2.38. The summed E-state index contributed by atoms with van der Waals surface area (Å²) in [6, 6.07) is 4.25. The van der Waals surface area contributed by atoms with Crippen LogP contribution < -0.4 is 4.90 Å². The van der Waals surface area contributed by atoms with Crippen LogP contribution in [0.5, 0.6) is 0 Å². The van der Waals surface area contributed by atoms with Crippen molar-refractivity contribution >= 4 is 17.9 Å².